The van der Waals surface area contributed by atoms with Crippen molar-refractivity contribution in [2.45, 2.75) is 30.8 Å². The van der Waals surface area contributed by atoms with Crippen LogP contribution in [-0.2, 0) is 6.18 Å². The number of nitrogens with one attached hydrogen (secondary N) is 1. The minimum atomic E-state index is -4.52. The summed E-state index contributed by atoms with van der Waals surface area (Å²) in [6.45, 7) is 0.533. The summed E-state index contributed by atoms with van der Waals surface area (Å²) in [5.41, 5.74) is -0.872. The Balaban J connectivity index is 1.98. The maximum atomic E-state index is 13.5. The lowest BCUT2D eigenvalue weighted by molar-refractivity contribution is -0.137. The number of alkyl halides is 4. The standard InChI is InChI=1S/C13H14ClF4N/c14-10-3-1-8(5-10)7-19-12-4-2-9(6-11(12)15)13(16,17)18/h2,4,6,8,10,19H,1,3,5,7H2. The zero-order chi connectivity index (χ0) is 14.0. The average molecular weight is 296 g/mol. The van der Waals surface area contributed by atoms with Gasteiger partial charge in [-0.15, -0.1) is 11.6 Å². The SMILES string of the molecule is Fc1cc(C(F)(F)F)ccc1NCC1CCC(Cl)C1. The summed E-state index contributed by atoms with van der Waals surface area (Å²) in [4.78, 5) is 0. The van der Waals surface area contributed by atoms with Gasteiger partial charge in [0.2, 0.25) is 0 Å². The molecule has 1 aliphatic carbocycles. The number of hydrogen-bond acceptors (Lipinski definition) is 1. The number of rotatable bonds is 3. The van der Waals surface area contributed by atoms with E-state index in [4.69, 9.17) is 11.6 Å². The number of hydrogen-bond donors (Lipinski definition) is 1. The van der Waals surface area contributed by atoms with E-state index < -0.39 is 17.6 Å². The first-order valence-corrected chi connectivity index (χ1v) is 6.54. The lowest BCUT2D eigenvalue weighted by atomic mass is 10.1. The zero-order valence-corrected chi connectivity index (χ0v) is 10.9. The van der Waals surface area contributed by atoms with E-state index in [-0.39, 0.29) is 11.1 Å². The van der Waals surface area contributed by atoms with Gasteiger partial charge in [0.15, 0.2) is 0 Å². The summed E-state index contributed by atoms with van der Waals surface area (Å²) >= 11 is 5.96. The van der Waals surface area contributed by atoms with Gasteiger partial charge in [0.05, 0.1) is 11.3 Å². The van der Waals surface area contributed by atoms with E-state index in [1.54, 1.807) is 0 Å². The molecule has 1 aromatic carbocycles. The molecule has 1 aliphatic rings. The highest BCUT2D eigenvalue weighted by atomic mass is 35.5. The molecule has 2 unspecified atom stereocenters. The highest BCUT2D eigenvalue weighted by Crippen LogP contribution is 2.32. The van der Waals surface area contributed by atoms with E-state index in [0.717, 1.165) is 31.4 Å². The predicted molar refractivity (Wildman–Crippen MR) is 66.9 cm³/mol. The zero-order valence-electron chi connectivity index (χ0n) is 10.1. The molecular formula is C13H14ClF4N. The minimum Gasteiger partial charge on any atom is -0.382 e. The van der Waals surface area contributed by atoms with Crippen LogP contribution in [0.5, 0.6) is 0 Å². The van der Waals surface area contributed by atoms with Crippen LogP contribution in [0.2, 0.25) is 0 Å². The fourth-order valence-electron chi connectivity index (χ4n) is 2.29. The molecule has 106 valence electrons. The lowest BCUT2D eigenvalue weighted by Gasteiger charge is -2.14. The van der Waals surface area contributed by atoms with Gasteiger partial charge >= 0.3 is 6.18 Å². The Bertz CT molecular complexity index is 447. The predicted octanol–water partition coefficient (Wildman–Crippen LogP) is 4.66. The Morgan fingerprint density at radius 1 is 1.26 bits per heavy atom. The van der Waals surface area contributed by atoms with Gasteiger partial charge in [-0.2, -0.15) is 13.2 Å². The molecule has 2 rings (SSSR count). The van der Waals surface area contributed by atoms with Crippen molar-refractivity contribution in [2.24, 2.45) is 5.92 Å². The number of benzene rings is 1. The van der Waals surface area contributed by atoms with Crippen LogP contribution in [0.25, 0.3) is 0 Å². The van der Waals surface area contributed by atoms with Crippen LogP contribution in [0.15, 0.2) is 18.2 Å². The Hall–Kier alpha value is -0.970. The van der Waals surface area contributed by atoms with Crippen LogP contribution in [0.1, 0.15) is 24.8 Å². The second-order valence-corrected chi connectivity index (χ2v) is 5.47. The molecule has 0 amide bonds. The summed E-state index contributed by atoms with van der Waals surface area (Å²) in [6, 6.07) is 2.52. The van der Waals surface area contributed by atoms with Crippen LogP contribution in [-0.4, -0.2) is 11.9 Å². The van der Waals surface area contributed by atoms with Crippen molar-refractivity contribution in [3.05, 3.63) is 29.6 Å². The summed E-state index contributed by atoms with van der Waals surface area (Å²) in [5.74, 6) is -0.528. The molecule has 0 heterocycles. The molecule has 0 aliphatic heterocycles. The Labute approximate surface area is 113 Å². The van der Waals surface area contributed by atoms with Gasteiger partial charge in [-0.25, -0.2) is 4.39 Å². The Morgan fingerprint density at radius 3 is 2.53 bits per heavy atom. The third kappa shape index (κ3) is 3.75. The first kappa shape index (κ1) is 14.4. The van der Waals surface area contributed by atoms with Crippen molar-refractivity contribution in [2.75, 3.05) is 11.9 Å². The summed E-state index contributed by atoms with van der Waals surface area (Å²) in [5, 5.41) is 3.01. The van der Waals surface area contributed by atoms with Gasteiger partial charge in [0.25, 0.3) is 0 Å². The van der Waals surface area contributed by atoms with E-state index in [1.807, 2.05) is 0 Å². The van der Waals surface area contributed by atoms with Crippen molar-refractivity contribution in [3.8, 4) is 0 Å². The van der Waals surface area contributed by atoms with Gasteiger partial charge in [-0.1, -0.05) is 0 Å². The molecule has 0 spiro atoms. The van der Waals surface area contributed by atoms with Crippen molar-refractivity contribution in [1.82, 2.24) is 0 Å². The van der Waals surface area contributed by atoms with Gasteiger partial charge in [0, 0.05) is 11.9 Å². The second-order valence-electron chi connectivity index (χ2n) is 4.85. The van der Waals surface area contributed by atoms with Crippen LogP contribution in [0, 0.1) is 11.7 Å². The minimum absolute atomic E-state index is 0.103. The van der Waals surface area contributed by atoms with Gasteiger partial charge in [0.1, 0.15) is 5.82 Å². The molecule has 1 saturated carbocycles. The first-order valence-electron chi connectivity index (χ1n) is 6.11. The largest absolute Gasteiger partial charge is 0.416 e. The monoisotopic (exact) mass is 295 g/mol. The molecule has 1 nitrogen and oxygen atoms in total. The molecule has 0 radical (unpaired) electrons. The van der Waals surface area contributed by atoms with E-state index >= 15 is 0 Å². The Morgan fingerprint density at radius 2 is 2.00 bits per heavy atom. The second kappa shape index (κ2) is 5.57. The lowest BCUT2D eigenvalue weighted by Crippen LogP contribution is -2.13. The van der Waals surface area contributed by atoms with E-state index in [0.29, 0.717) is 18.5 Å². The summed E-state index contributed by atoms with van der Waals surface area (Å²) < 4.78 is 50.7. The van der Waals surface area contributed by atoms with Crippen molar-refractivity contribution in [3.63, 3.8) is 0 Å². The van der Waals surface area contributed by atoms with Crippen molar-refractivity contribution >= 4 is 17.3 Å². The van der Waals surface area contributed by atoms with Gasteiger partial charge < -0.3 is 5.32 Å². The normalized spacial score (nSPS) is 23.6. The quantitative estimate of drug-likeness (QED) is 0.631. The third-order valence-electron chi connectivity index (χ3n) is 3.35. The molecule has 1 aromatic rings. The highest BCUT2D eigenvalue weighted by Gasteiger charge is 2.31. The van der Waals surface area contributed by atoms with Crippen LogP contribution in [0.4, 0.5) is 23.2 Å². The molecule has 0 saturated heterocycles. The maximum absolute atomic E-state index is 13.5. The van der Waals surface area contributed by atoms with E-state index in [2.05, 4.69) is 5.32 Å². The van der Waals surface area contributed by atoms with E-state index in [1.165, 1.54) is 0 Å². The molecule has 0 aromatic heterocycles. The van der Waals surface area contributed by atoms with Crippen LogP contribution < -0.4 is 5.32 Å². The molecule has 1 fully saturated rings. The molecule has 1 N–H and O–H groups in total. The fourth-order valence-corrected chi connectivity index (χ4v) is 2.67. The smallest absolute Gasteiger partial charge is 0.382 e. The number of halogens is 5. The fraction of sp³-hybridized carbons (Fsp3) is 0.538. The van der Waals surface area contributed by atoms with Gasteiger partial charge in [-0.3, -0.25) is 0 Å². The highest BCUT2D eigenvalue weighted by molar-refractivity contribution is 6.20. The first-order chi connectivity index (χ1) is 8.86. The number of anilines is 1. The van der Waals surface area contributed by atoms with Crippen LogP contribution in [0.3, 0.4) is 0 Å². The third-order valence-corrected chi connectivity index (χ3v) is 3.75. The summed E-state index contributed by atoms with van der Waals surface area (Å²) in [7, 11) is 0. The molecule has 0 bridgehead atoms. The van der Waals surface area contributed by atoms with Crippen LogP contribution >= 0.6 is 11.6 Å². The van der Waals surface area contributed by atoms with Gasteiger partial charge in [-0.05, 0) is 43.4 Å². The molecule has 6 heteroatoms. The maximum Gasteiger partial charge on any atom is 0.416 e. The summed E-state index contributed by atoms with van der Waals surface area (Å²) in [6.07, 6.45) is -1.76. The van der Waals surface area contributed by atoms with Crippen molar-refractivity contribution < 1.29 is 17.6 Å². The van der Waals surface area contributed by atoms with E-state index in [9.17, 15) is 17.6 Å². The topological polar surface area (TPSA) is 12.0 Å². The molecular weight excluding hydrogens is 282 g/mol. The van der Waals surface area contributed by atoms with Crippen molar-refractivity contribution in [1.29, 1.82) is 0 Å². The average Bonchev–Trinajstić information content (AvgIpc) is 2.72. The Kier molecular flexibility index (Phi) is 4.23. The molecule has 19 heavy (non-hydrogen) atoms. The molecule has 2 atom stereocenters.